The van der Waals surface area contributed by atoms with E-state index in [1.807, 2.05) is 0 Å². The number of rotatable bonds is 8. The second-order valence-corrected chi connectivity index (χ2v) is 2.24. The summed E-state index contributed by atoms with van der Waals surface area (Å²) in [5.74, 6) is -0.301. The first-order chi connectivity index (χ1) is 6.31. The van der Waals surface area contributed by atoms with Gasteiger partial charge in [-0.1, -0.05) is 0 Å². The molecule has 0 amide bonds. The second kappa shape index (κ2) is 9.41. The molecule has 4 nitrogen and oxygen atoms in total. The lowest BCUT2D eigenvalue weighted by Gasteiger charge is -2.03. The fourth-order valence-electron chi connectivity index (χ4n) is 0.634. The molecule has 0 N–H and O–H groups in total. The SMILES string of the molecule is COC(=O)CCOCCOCCF. The van der Waals surface area contributed by atoms with Crippen LogP contribution in [0.4, 0.5) is 4.39 Å². The Morgan fingerprint density at radius 1 is 1.15 bits per heavy atom. The first-order valence-corrected chi connectivity index (χ1v) is 4.09. The maximum atomic E-state index is 11.5. The van der Waals surface area contributed by atoms with Gasteiger partial charge in [-0.15, -0.1) is 0 Å². The van der Waals surface area contributed by atoms with Crippen molar-refractivity contribution in [3.8, 4) is 0 Å². The third-order valence-electron chi connectivity index (χ3n) is 1.27. The molecule has 0 aromatic carbocycles. The lowest BCUT2D eigenvalue weighted by Crippen LogP contribution is -2.10. The second-order valence-electron chi connectivity index (χ2n) is 2.24. The van der Waals surface area contributed by atoms with E-state index in [2.05, 4.69) is 4.74 Å². The smallest absolute Gasteiger partial charge is 0.307 e. The largest absolute Gasteiger partial charge is 0.469 e. The Labute approximate surface area is 77.0 Å². The average molecular weight is 194 g/mol. The number of alkyl halides is 1. The van der Waals surface area contributed by atoms with Gasteiger partial charge in [-0.2, -0.15) is 0 Å². The zero-order chi connectivity index (χ0) is 9.94. The zero-order valence-corrected chi connectivity index (χ0v) is 7.75. The van der Waals surface area contributed by atoms with Crippen molar-refractivity contribution in [3.05, 3.63) is 0 Å². The molecule has 0 rings (SSSR count). The number of esters is 1. The number of hydrogen-bond donors (Lipinski definition) is 0. The summed E-state index contributed by atoms with van der Waals surface area (Å²) in [6.07, 6.45) is 0.236. The molecular weight excluding hydrogens is 179 g/mol. The predicted molar refractivity (Wildman–Crippen MR) is 44.2 cm³/mol. The summed E-state index contributed by atoms with van der Waals surface area (Å²) in [5, 5.41) is 0. The molecule has 78 valence electrons. The van der Waals surface area contributed by atoms with Crippen LogP contribution in [0.25, 0.3) is 0 Å². The van der Waals surface area contributed by atoms with Gasteiger partial charge in [0.2, 0.25) is 0 Å². The standard InChI is InChI=1S/C8H15FO4/c1-11-8(10)2-4-12-6-7-13-5-3-9/h2-7H2,1H3. The van der Waals surface area contributed by atoms with Crippen LogP contribution in [-0.2, 0) is 19.0 Å². The number of halogens is 1. The molecule has 0 saturated heterocycles. The van der Waals surface area contributed by atoms with E-state index in [0.29, 0.717) is 19.8 Å². The van der Waals surface area contributed by atoms with E-state index >= 15 is 0 Å². The van der Waals surface area contributed by atoms with Crippen LogP contribution in [0.15, 0.2) is 0 Å². The van der Waals surface area contributed by atoms with E-state index in [0.717, 1.165) is 0 Å². The number of ether oxygens (including phenoxy) is 3. The maximum Gasteiger partial charge on any atom is 0.307 e. The quantitative estimate of drug-likeness (QED) is 0.418. The molecular formula is C8H15FO4. The van der Waals surface area contributed by atoms with Gasteiger partial charge in [0, 0.05) is 0 Å². The van der Waals surface area contributed by atoms with Gasteiger partial charge in [0.25, 0.3) is 0 Å². The highest BCUT2D eigenvalue weighted by atomic mass is 19.1. The minimum atomic E-state index is -0.484. The lowest BCUT2D eigenvalue weighted by atomic mass is 10.5. The topological polar surface area (TPSA) is 44.8 Å². The molecule has 0 aromatic heterocycles. The van der Waals surface area contributed by atoms with Crippen LogP contribution >= 0.6 is 0 Å². The van der Waals surface area contributed by atoms with Crippen LogP contribution in [0.1, 0.15) is 6.42 Å². The van der Waals surface area contributed by atoms with Crippen LogP contribution in [0.2, 0.25) is 0 Å². The summed E-state index contributed by atoms with van der Waals surface area (Å²) >= 11 is 0. The molecule has 0 radical (unpaired) electrons. The van der Waals surface area contributed by atoms with Crippen molar-refractivity contribution in [2.75, 3.05) is 40.2 Å². The summed E-state index contributed by atoms with van der Waals surface area (Å²) in [7, 11) is 1.33. The minimum absolute atomic E-state index is 0.0976. The van der Waals surface area contributed by atoms with Gasteiger partial charge in [-0.3, -0.25) is 4.79 Å². The highest BCUT2D eigenvalue weighted by Gasteiger charge is 1.98. The molecule has 0 aliphatic rings. The van der Waals surface area contributed by atoms with Crippen molar-refractivity contribution in [3.63, 3.8) is 0 Å². The fourth-order valence-corrected chi connectivity index (χ4v) is 0.634. The van der Waals surface area contributed by atoms with Gasteiger partial charge in [0.1, 0.15) is 6.67 Å². The Morgan fingerprint density at radius 2 is 1.77 bits per heavy atom. The van der Waals surface area contributed by atoms with Crippen molar-refractivity contribution in [2.45, 2.75) is 6.42 Å². The van der Waals surface area contributed by atoms with Gasteiger partial charge in [0.05, 0.1) is 40.0 Å². The normalized spacial score (nSPS) is 10.0. The summed E-state index contributed by atoms with van der Waals surface area (Å²) < 4.78 is 25.7. The first-order valence-electron chi connectivity index (χ1n) is 4.09. The third kappa shape index (κ3) is 9.23. The van der Waals surface area contributed by atoms with Crippen molar-refractivity contribution in [2.24, 2.45) is 0 Å². The highest BCUT2D eigenvalue weighted by molar-refractivity contribution is 5.69. The fraction of sp³-hybridized carbons (Fsp3) is 0.875. The van der Waals surface area contributed by atoms with Crippen molar-refractivity contribution in [1.29, 1.82) is 0 Å². The van der Waals surface area contributed by atoms with E-state index < -0.39 is 6.67 Å². The number of methoxy groups -OCH3 is 1. The van der Waals surface area contributed by atoms with Crippen LogP contribution in [0.3, 0.4) is 0 Å². The van der Waals surface area contributed by atoms with Crippen molar-refractivity contribution >= 4 is 5.97 Å². The molecule has 0 aliphatic carbocycles. The summed E-state index contributed by atoms with van der Waals surface area (Å²) in [4.78, 5) is 10.6. The number of carbonyl (C=O) groups is 1. The molecule has 0 spiro atoms. The average Bonchev–Trinajstić information content (AvgIpc) is 2.16. The summed E-state index contributed by atoms with van der Waals surface area (Å²) in [6, 6.07) is 0. The van der Waals surface area contributed by atoms with Crippen LogP contribution in [0.5, 0.6) is 0 Å². The van der Waals surface area contributed by atoms with Gasteiger partial charge >= 0.3 is 5.97 Å². The van der Waals surface area contributed by atoms with Gasteiger partial charge in [0.15, 0.2) is 0 Å². The molecule has 0 bridgehead atoms. The molecule has 0 fully saturated rings. The molecule has 0 atom stereocenters. The molecule has 0 aliphatic heterocycles. The Balaban J connectivity index is 2.95. The first kappa shape index (κ1) is 12.3. The highest BCUT2D eigenvalue weighted by Crippen LogP contribution is 1.86. The number of carbonyl (C=O) groups excluding carboxylic acids is 1. The third-order valence-corrected chi connectivity index (χ3v) is 1.27. The van der Waals surface area contributed by atoms with Crippen molar-refractivity contribution in [1.82, 2.24) is 0 Å². The molecule has 0 saturated carbocycles. The number of hydrogen-bond acceptors (Lipinski definition) is 4. The van der Waals surface area contributed by atoms with Crippen LogP contribution in [-0.4, -0.2) is 46.2 Å². The van der Waals surface area contributed by atoms with Crippen LogP contribution in [0, 0.1) is 0 Å². The van der Waals surface area contributed by atoms with E-state index in [-0.39, 0.29) is 19.0 Å². The van der Waals surface area contributed by atoms with E-state index in [4.69, 9.17) is 9.47 Å². The Morgan fingerprint density at radius 3 is 2.31 bits per heavy atom. The monoisotopic (exact) mass is 194 g/mol. The maximum absolute atomic E-state index is 11.5. The van der Waals surface area contributed by atoms with E-state index in [1.165, 1.54) is 7.11 Å². The Kier molecular flexibility index (Phi) is 8.92. The molecule has 0 unspecified atom stereocenters. The van der Waals surface area contributed by atoms with E-state index in [9.17, 15) is 9.18 Å². The molecule has 0 heterocycles. The molecule has 5 heteroatoms. The summed E-state index contributed by atoms with van der Waals surface area (Å²) in [5.41, 5.74) is 0. The van der Waals surface area contributed by atoms with Crippen molar-refractivity contribution < 1.29 is 23.4 Å². The zero-order valence-electron chi connectivity index (χ0n) is 7.75. The van der Waals surface area contributed by atoms with Gasteiger partial charge in [-0.25, -0.2) is 4.39 Å². The Hall–Kier alpha value is -0.680. The lowest BCUT2D eigenvalue weighted by molar-refractivity contribution is -0.141. The predicted octanol–water partition coefficient (Wildman–Crippen LogP) is 0.552. The van der Waals surface area contributed by atoms with Crippen LogP contribution < -0.4 is 0 Å². The molecule has 13 heavy (non-hydrogen) atoms. The molecule has 0 aromatic rings. The van der Waals surface area contributed by atoms with Gasteiger partial charge < -0.3 is 14.2 Å². The Bertz CT molecular complexity index is 129. The van der Waals surface area contributed by atoms with E-state index in [1.54, 1.807) is 0 Å². The summed E-state index contributed by atoms with van der Waals surface area (Å²) in [6.45, 7) is 0.649. The minimum Gasteiger partial charge on any atom is -0.469 e. The van der Waals surface area contributed by atoms with Gasteiger partial charge in [-0.05, 0) is 0 Å².